The van der Waals surface area contributed by atoms with E-state index in [1.54, 1.807) is 40.3 Å². The molecule has 0 bridgehead atoms. The number of amides is 2. The van der Waals surface area contributed by atoms with Gasteiger partial charge in [-0.2, -0.15) is 0 Å². The van der Waals surface area contributed by atoms with E-state index >= 15 is 0 Å². The SMILES string of the molecule is O=CN1CCN(C(=O)c2ccc(NCCc3ccccc3F)cn2)CC1. The summed E-state index contributed by atoms with van der Waals surface area (Å²) < 4.78 is 13.6. The molecule has 6 nitrogen and oxygen atoms in total. The summed E-state index contributed by atoms with van der Waals surface area (Å²) in [5.74, 6) is -0.337. The molecule has 0 atom stereocenters. The van der Waals surface area contributed by atoms with Crippen LogP contribution < -0.4 is 5.32 Å². The Morgan fingerprint density at radius 3 is 2.58 bits per heavy atom. The average molecular weight is 356 g/mol. The Balaban J connectivity index is 1.51. The molecule has 2 aromatic rings. The van der Waals surface area contributed by atoms with E-state index in [2.05, 4.69) is 10.3 Å². The molecule has 0 aliphatic carbocycles. The number of anilines is 1. The number of hydrogen-bond donors (Lipinski definition) is 1. The van der Waals surface area contributed by atoms with Crippen molar-refractivity contribution in [3.63, 3.8) is 0 Å². The Hall–Kier alpha value is -2.96. The maximum absolute atomic E-state index is 13.6. The lowest BCUT2D eigenvalue weighted by molar-refractivity contribution is -0.119. The Kier molecular flexibility index (Phi) is 5.78. The van der Waals surface area contributed by atoms with Gasteiger partial charge in [-0.1, -0.05) is 18.2 Å². The van der Waals surface area contributed by atoms with E-state index < -0.39 is 0 Å². The predicted octanol–water partition coefficient (Wildman–Crippen LogP) is 1.79. The van der Waals surface area contributed by atoms with E-state index in [9.17, 15) is 14.0 Å². The van der Waals surface area contributed by atoms with Crippen LogP contribution in [0.3, 0.4) is 0 Å². The fourth-order valence-electron chi connectivity index (χ4n) is 2.86. The summed E-state index contributed by atoms with van der Waals surface area (Å²) in [6.45, 7) is 2.70. The molecule has 2 amide bonds. The number of rotatable bonds is 6. The molecule has 1 saturated heterocycles. The van der Waals surface area contributed by atoms with Crippen LogP contribution in [0.1, 0.15) is 16.1 Å². The normalized spacial score (nSPS) is 14.2. The van der Waals surface area contributed by atoms with Crippen molar-refractivity contribution in [1.29, 1.82) is 0 Å². The first-order valence-corrected chi connectivity index (χ1v) is 8.59. The van der Waals surface area contributed by atoms with Gasteiger partial charge in [-0.3, -0.25) is 9.59 Å². The van der Waals surface area contributed by atoms with Crippen LogP contribution in [0, 0.1) is 5.82 Å². The number of hydrogen-bond acceptors (Lipinski definition) is 4. The Bertz CT molecular complexity index is 758. The largest absolute Gasteiger partial charge is 0.383 e. The Morgan fingerprint density at radius 1 is 1.15 bits per heavy atom. The van der Waals surface area contributed by atoms with Crippen LogP contribution in [-0.2, 0) is 11.2 Å². The minimum absolute atomic E-state index is 0.131. The molecule has 7 heteroatoms. The molecule has 26 heavy (non-hydrogen) atoms. The zero-order valence-corrected chi connectivity index (χ0v) is 14.4. The van der Waals surface area contributed by atoms with E-state index in [4.69, 9.17) is 0 Å². The topological polar surface area (TPSA) is 65.5 Å². The first-order valence-electron chi connectivity index (χ1n) is 8.59. The lowest BCUT2D eigenvalue weighted by Crippen LogP contribution is -2.48. The van der Waals surface area contributed by atoms with Crippen molar-refractivity contribution < 1.29 is 14.0 Å². The molecule has 1 N–H and O–H groups in total. The molecule has 1 aromatic carbocycles. The summed E-state index contributed by atoms with van der Waals surface area (Å²) in [4.78, 5) is 30.7. The lowest BCUT2D eigenvalue weighted by Gasteiger charge is -2.32. The maximum atomic E-state index is 13.6. The van der Waals surface area contributed by atoms with E-state index in [1.165, 1.54) is 6.07 Å². The quantitative estimate of drug-likeness (QED) is 0.802. The molecular formula is C19H21FN4O2. The molecule has 0 unspecified atom stereocenters. The number of nitrogens with zero attached hydrogens (tertiary/aromatic N) is 3. The second-order valence-corrected chi connectivity index (χ2v) is 6.13. The highest BCUT2D eigenvalue weighted by Crippen LogP contribution is 2.11. The van der Waals surface area contributed by atoms with E-state index in [0.29, 0.717) is 50.4 Å². The van der Waals surface area contributed by atoms with Crippen molar-refractivity contribution in [3.05, 3.63) is 59.7 Å². The second-order valence-electron chi connectivity index (χ2n) is 6.13. The van der Waals surface area contributed by atoms with Crippen LogP contribution in [0.5, 0.6) is 0 Å². The van der Waals surface area contributed by atoms with E-state index in [1.807, 2.05) is 6.07 Å². The smallest absolute Gasteiger partial charge is 0.272 e. The van der Waals surface area contributed by atoms with E-state index in [0.717, 1.165) is 12.1 Å². The molecule has 1 aliphatic rings. The van der Waals surface area contributed by atoms with Crippen molar-refractivity contribution in [2.45, 2.75) is 6.42 Å². The fourth-order valence-corrected chi connectivity index (χ4v) is 2.86. The Labute approximate surface area is 151 Å². The van der Waals surface area contributed by atoms with Gasteiger partial charge in [0.15, 0.2) is 0 Å². The first kappa shape index (κ1) is 17.8. The number of halogens is 1. The van der Waals surface area contributed by atoms with Crippen molar-refractivity contribution in [1.82, 2.24) is 14.8 Å². The van der Waals surface area contributed by atoms with Gasteiger partial charge < -0.3 is 15.1 Å². The minimum Gasteiger partial charge on any atom is -0.383 e. The molecule has 0 radical (unpaired) electrons. The van der Waals surface area contributed by atoms with Crippen molar-refractivity contribution >= 4 is 18.0 Å². The van der Waals surface area contributed by atoms with Crippen LogP contribution in [0.4, 0.5) is 10.1 Å². The van der Waals surface area contributed by atoms with Crippen LogP contribution in [-0.4, -0.2) is 59.8 Å². The highest BCUT2D eigenvalue weighted by Gasteiger charge is 2.22. The molecular weight excluding hydrogens is 335 g/mol. The van der Waals surface area contributed by atoms with Gasteiger partial charge >= 0.3 is 0 Å². The number of aromatic nitrogens is 1. The number of pyridine rings is 1. The van der Waals surface area contributed by atoms with Crippen LogP contribution in [0.2, 0.25) is 0 Å². The maximum Gasteiger partial charge on any atom is 0.272 e. The highest BCUT2D eigenvalue weighted by atomic mass is 19.1. The van der Waals surface area contributed by atoms with Crippen LogP contribution >= 0.6 is 0 Å². The summed E-state index contributed by atoms with van der Waals surface area (Å²) in [6.07, 6.45) is 2.98. The summed E-state index contributed by atoms with van der Waals surface area (Å²) in [7, 11) is 0. The van der Waals surface area contributed by atoms with Crippen LogP contribution in [0.15, 0.2) is 42.6 Å². The molecule has 136 valence electrons. The lowest BCUT2D eigenvalue weighted by atomic mass is 10.1. The van der Waals surface area contributed by atoms with Gasteiger partial charge in [0.2, 0.25) is 6.41 Å². The average Bonchev–Trinajstić information content (AvgIpc) is 2.69. The zero-order chi connectivity index (χ0) is 18.4. The van der Waals surface area contributed by atoms with E-state index in [-0.39, 0.29) is 11.7 Å². The number of carbonyl (C=O) groups excluding carboxylic acids is 2. The molecule has 1 fully saturated rings. The number of piperazine rings is 1. The summed E-state index contributed by atoms with van der Waals surface area (Å²) in [5.41, 5.74) is 1.82. The molecule has 1 aliphatic heterocycles. The summed E-state index contributed by atoms with van der Waals surface area (Å²) >= 11 is 0. The molecule has 1 aromatic heterocycles. The van der Waals surface area contributed by atoms with Crippen LogP contribution in [0.25, 0.3) is 0 Å². The van der Waals surface area contributed by atoms with Gasteiger partial charge in [0, 0.05) is 32.7 Å². The summed E-state index contributed by atoms with van der Waals surface area (Å²) in [6, 6.07) is 10.2. The fraction of sp³-hybridized carbons (Fsp3) is 0.316. The third-order valence-corrected chi connectivity index (χ3v) is 4.41. The molecule has 0 spiro atoms. The zero-order valence-electron chi connectivity index (χ0n) is 14.4. The Morgan fingerprint density at radius 2 is 1.92 bits per heavy atom. The van der Waals surface area contributed by atoms with Gasteiger partial charge in [-0.25, -0.2) is 9.37 Å². The van der Waals surface area contributed by atoms with Gasteiger partial charge in [0.25, 0.3) is 5.91 Å². The monoisotopic (exact) mass is 356 g/mol. The first-order chi connectivity index (χ1) is 12.7. The standard InChI is InChI=1S/C19H21FN4O2/c20-17-4-2-1-3-15(17)7-8-21-16-5-6-18(22-13-16)19(26)24-11-9-23(14-25)10-12-24/h1-6,13-14,21H,7-12H2. The third kappa shape index (κ3) is 4.36. The molecule has 2 heterocycles. The third-order valence-electron chi connectivity index (χ3n) is 4.41. The predicted molar refractivity (Wildman–Crippen MR) is 96.4 cm³/mol. The van der Waals surface area contributed by atoms with Crippen molar-refractivity contribution in [2.75, 3.05) is 38.0 Å². The van der Waals surface area contributed by atoms with Gasteiger partial charge in [0.05, 0.1) is 11.9 Å². The number of carbonyl (C=O) groups is 2. The van der Waals surface area contributed by atoms with Crippen molar-refractivity contribution in [2.24, 2.45) is 0 Å². The summed E-state index contributed by atoms with van der Waals surface area (Å²) in [5, 5.41) is 3.18. The second kappa shape index (κ2) is 8.42. The number of benzene rings is 1. The number of nitrogens with one attached hydrogen (secondary N) is 1. The minimum atomic E-state index is -0.206. The van der Waals surface area contributed by atoms with Crippen molar-refractivity contribution in [3.8, 4) is 0 Å². The van der Waals surface area contributed by atoms with Gasteiger partial charge in [-0.05, 0) is 30.2 Å². The van der Waals surface area contributed by atoms with Gasteiger partial charge in [-0.15, -0.1) is 0 Å². The highest BCUT2D eigenvalue weighted by molar-refractivity contribution is 5.92. The molecule has 3 rings (SSSR count). The van der Waals surface area contributed by atoms with Gasteiger partial charge in [0.1, 0.15) is 11.5 Å². The molecule has 0 saturated carbocycles.